The Morgan fingerprint density at radius 1 is 0.407 bits per heavy atom. The van der Waals surface area contributed by atoms with E-state index in [9.17, 15) is 0 Å². The van der Waals surface area contributed by atoms with Gasteiger partial charge in [-0.05, 0) is 27.7 Å². The van der Waals surface area contributed by atoms with Crippen molar-refractivity contribution in [3.8, 4) is 0 Å². The summed E-state index contributed by atoms with van der Waals surface area (Å²) in [6.07, 6.45) is 0. The number of hydrogen-bond donors (Lipinski definition) is 2. The van der Waals surface area contributed by atoms with E-state index in [0.717, 1.165) is 5.69 Å². The van der Waals surface area contributed by atoms with Gasteiger partial charge in [-0.15, -0.1) is 0 Å². The largest absolute Gasteiger partial charge is 0.327 e. The Hall–Kier alpha value is -3.14. The van der Waals surface area contributed by atoms with Crippen LogP contribution in [0.4, 0.5) is 5.69 Å². The van der Waals surface area contributed by atoms with Crippen LogP contribution >= 0.6 is 0 Å². The second-order valence-electron chi connectivity index (χ2n) is 6.46. The van der Waals surface area contributed by atoms with Gasteiger partial charge < -0.3 is 5.43 Å². The molecule has 0 unspecified atom stereocenters. The van der Waals surface area contributed by atoms with Gasteiger partial charge in [-0.1, -0.05) is 109 Å². The minimum atomic E-state index is -2.47. The lowest BCUT2D eigenvalue weighted by Crippen LogP contribution is -2.77. The number of hydrogen-bond acceptors (Lipinski definition) is 2. The third-order valence-corrected chi connectivity index (χ3v) is 8.89. The van der Waals surface area contributed by atoms with Gasteiger partial charge in [0.1, 0.15) is 0 Å². The van der Waals surface area contributed by atoms with Crippen molar-refractivity contribution in [2.75, 3.05) is 5.43 Å². The molecule has 0 aromatic heterocycles. The maximum Gasteiger partial charge on any atom is 0.240 e. The molecular formula is C24H22N2Si. The predicted molar refractivity (Wildman–Crippen MR) is 117 cm³/mol. The molecule has 0 saturated heterocycles. The zero-order chi connectivity index (χ0) is 18.4. The Kier molecular flexibility index (Phi) is 5.14. The van der Waals surface area contributed by atoms with Crippen molar-refractivity contribution in [3.63, 3.8) is 0 Å². The molecule has 0 aliphatic carbocycles. The first-order chi connectivity index (χ1) is 13.4. The molecule has 4 aromatic rings. The SMILES string of the molecule is c1ccc(NN[Si](c2ccccc2)(c2ccccc2)c2ccccc2)cc1. The minimum absolute atomic E-state index is 1.05. The number of benzene rings is 4. The summed E-state index contributed by atoms with van der Waals surface area (Å²) in [5, 5.41) is 7.72. The molecule has 0 atom stereocenters. The summed E-state index contributed by atoms with van der Waals surface area (Å²) in [7, 11) is -2.47. The fourth-order valence-electron chi connectivity index (χ4n) is 3.47. The summed E-state index contributed by atoms with van der Waals surface area (Å²) in [6, 6.07) is 42.6. The van der Waals surface area contributed by atoms with Crippen LogP contribution in [0.25, 0.3) is 0 Å². The van der Waals surface area contributed by atoms with Crippen molar-refractivity contribution in [1.82, 2.24) is 5.09 Å². The van der Waals surface area contributed by atoms with Gasteiger partial charge >= 0.3 is 0 Å². The van der Waals surface area contributed by atoms with Crippen molar-refractivity contribution in [2.24, 2.45) is 0 Å². The van der Waals surface area contributed by atoms with Crippen LogP contribution in [0, 0.1) is 0 Å². The van der Waals surface area contributed by atoms with Crippen molar-refractivity contribution < 1.29 is 0 Å². The van der Waals surface area contributed by atoms with Gasteiger partial charge in [-0.25, -0.2) is 5.09 Å². The second kappa shape index (κ2) is 8.04. The lowest BCUT2D eigenvalue weighted by atomic mass is 10.3. The van der Waals surface area contributed by atoms with Crippen LogP contribution < -0.4 is 26.1 Å². The van der Waals surface area contributed by atoms with E-state index in [1.807, 2.05) is 18.2 Å². The normalized spacial score (nSPS) is 11.1. The van der Waals surface area contributed by atoms with Crippen molar-refractivity contribution >= 4 is 29.5 Å². The van der Waals surface area contributed by atoms with Gasteiger partial charge in [0.15, 0.2) is 0 Å². The molecule has 0 amide bonds. The van der Waals surface area contributed by atoms with Crippen molar-refractivity contribution in [2.45, 2.75) is 0 Å². The maximum absolute atomic E-state index is 3.79. The average molecular weight is 367 g/mol. The summed E-state index contributed by atoms with van der Waals surface area (Å²) < 4.78 is 0. The lowest BCUT2D eigenvalue weighted by Gasteiger charge is -2.34. The molecule has 0 saturated carbocycles. The Balaban J connectivity index is 1.89. The smallest absolute Gasteiger partial charge is 0.240 e. The van der Waals surface area contributed by atoms with E-state index in [-0.39, 0.29) is 0 Å². The lowest BCUT2D eigenvalue weighted by molar-refractivity contribution is 1.15. The highest BCUT2D eigenvalue weighted by Crippen LogP contribution is 2.08. The standard InChI is InChI=1S/C24H22N2Si/c1-5-13-21(14-6-1)25-26-27(22-15-7-2-8-16-22,23-17-9-3-10-18-23)24-19-11-4-12-20-24/h1-20,25-26H. The first-order valence-corrected chi connectivity index (χ1v) is 11.1. The third-order valence-electron chi connectivity index (χ3n) is 4.79. The molecule has 132 valence electrons. The van der Waals surface area contributed by atoms with E-state index in [0.29, 0.717) is 0 Å². The summed E-state index contributed by atoms with van der Waals surface area (Å²) in [5.74, 6) is 0. The molecule has 0 fully saturated rings. The number of nitrogens with one attached hydrogen (secondary N) is 2. The van der Waals surface area contributed by atoms with Gasteiger partial charge in [0.25, 0.3) is 0 Å². The van der Waals surface area contributed by atoms with Crippen LogP contribution in [0.1, 0.15) is 0 Å². The third kappa shape index (κ3) is 3.56. The summed E-state index contributed by atoms with van der Waals surface area (Å²) in [6.45, 7) is 0. The number of para-hydroxylation sites is 1. The molecule has 2 N–H and O–H groups in total. The number of hydrazine groups is 1. The van der Waals surface area contributed by atoms with E-state index < -0.39 is 8.24 Å². The van der Waals surface area contributed by atoms with Crippen LogP contribution in [0.5, 0.6) is 0 Å². The summed E-state index contributed by atoms with van der Waals surface area (Å²) >= 11 is 0. The minimum Gasteiger partial charge on any atom is -0.327 e. The summed E-state index contributed by atoms with van der Waals surface area (Å²) in [4.78, 5) is 0. The maximum atomic E-state index is 3.79. The first kappa shape index (κ1) is 17.3. The van der Waals surface area contributed by atoms with E-state index in [2.05, 4.69) is 114 Å². The van der Waals surface area contributed by atoms with E-state index in [1.165, 1.54) is 15.6 Å². The molecule has 0 spiro atoms. The van der Waals surface area contributed by atoms with Gasteiger partial charge in [-0.3, -0.25) is 0 Å². The van der Waals surface area contributed by atoms with Gasteiger partial charge in [0.05, 0.1) is 0 Å². The fourth-order valence-corrected chi connectivity index (χ4v) is 7.31. The number of rotatable bonds is 6. The van der Waals surface area contributed by atoms with Crippen LogP contribution in [0.2, 0.25) is 0 Å². The predicted octanol–water partition coefficient (Wildman–Crippen LogP) is 3.27. The van der Waals surface area contributed by atoms with Crippen molar-refractivity contribution in [1.29, 1.82) is 0 Å². The van der Waals surface area contributed by atoms with Crippen LogP contribution in [0.3, 0.4) is 0 Å². The zero-order valence-corrected chi connectivity index (χ0v) is 16.0. The Labute approximate surface area is 161 Å². The molecule has 4 rings (SSSR count). The first-order valence-electron chi connectivity index (χ1n) is 9.14. The molecule has 3 heteroatoms. The van der Waals surface area contributed by atoms with Gasteiger partial charge in [0, 0.05) is 5.69 Å². The Morgan fingerprint density at radius 2 is 0.741 bits per heavy atom. The highest BCUT2D eigenvalue weighted by Gasteiger charge is 2.39. The van der Waals surface area contributed by atoms with Gasteiger partial charge in [-0.2, -0.15) is 0 Å². The van der Waals surface area contributed by atoms with E-state index in [4.69, 9.17) is 0 Å². The quantitative estimate of drug-likeness (QED) is 0.311. The molecule has 27 heavy (non-hydrogen) atoms. The van der Waals surface area contributed by atoms with Gasteiger partial charge in [0.2, 0.25) is 8.24 Å². The Morgan fingerprint density at radius 3 is 1.11 bits per heavy atom. The average Bonchev–Trinajstić information content (AvgIpc) is 2.77. The molecular weight excluding hydrogens is 344 g/mol. The summed E-state index contributed by atoms with van der Waals surface area (Å²) in [5.41, 5.74) is 4.55. The van der Waals surface area contributed by atoms with Crippen molar-refractivity contribution in [3.05, 3.63) is 121 Å². The highest BCUT2D eigenvalue weighted by molar-refractivity contribution is 7.09. The Bertz CT molecular complexity index is 861. The molecule has 4 aromatic carbocycles. The molecule has 2 nitrogen and oxygen atoms in total. The molecule has 0 bridgehead atoms. The van der Waals surface area contributed by atoms with Crippen LogP contribution in [-0.4, -0.2) is 8.24 Å². The molecule has 0 aliphatic rings. The monoisotopic (exact) mass is 366 g/mol. The van der Waals surface area contributed by atoms with E-state index >= 15 is 0 Å². The number of anilines is 1. The van der Waals surface area contributed by atoms with Crippen LogP contribution in [0.15, 0.2) is 121 Å². The molecule has 0 heterocycles. The van der Waals surface area contributed by atoms with E-state index in [1.54, 1.807) is 0 Å². The van der Waals surface area contributed by atoms with Crippen LogP contribution in [-0.2, 0) is 0 Å². The zero-order valence-electron chi connectivity index (χ0n) is 15.0. The fraction of sp³-hybridized carbons (Fsp3) is 0. The molecule has 0 radical (unpaired) electrons. The topological polar surface area (TPSA) is 24.1 Å². The molecule has 0 aliphatic heterocycles. The highest BCUT2D eigenvalue weighted by atomic mass is 28.3. The second-order valence-corrected chi connectivity index (χ2v) is 9.95.